The van der Waals surface area contributed by atoms with Crippen LogP contribution in [0.4, 0.5) is 0 Å². The summed E-state index contributed by atoms with van der Waals surface area (Å²) in [5, 5.41) is 9.91. The minimum atomic E-state index is -3.72. The highest BCUT2D eigenvalue weighted by Crippen LogP contribution is 2.28. The van der Waals surface area contributed by atoms with Crippen molar-refractivity contribution in [2.24, 2.45) is 0 Å². The maximum Gasteiger partial charge on any atom is 0.247 e. The van der Waals surface area contributed by atoms with Gasteiger partial charge in [0.05, 0.1) is 18.4 Å². The number of carbonyl (C=O) groups is 1. The molecule has 2 aliphatic heterocycles. The predicted molar refractivity (Wildman–Crippen MR) is 79.5 cm³/mol. The highest BCUT2D eigenvalue weighted by molar-refractivity contribution is 7.89. The number of nitrogens with one attached hydrogen (secondary N) is 2. The molecule has 0 saturated carbocycles. The van der Waals surface area contributed by atoms with Crippen LogP contribution in [0, 0.1) is 0 Å². The molecular weight excluding hydrogens is 306 g/mol. The summed E-state index contributed by atoms with van der Waals surface area (Å²) in [6, 6.07) is -0.629. The largest absolute Gasteiger partial charge is 0.358 e. The fraction of sp³-hybridized carbons (Fsp3) is 0.692. The number of aromatic nitrogens is 2. The number of amides is 1. The summed E-state index contributed by atoms with van der Waals surface area (Å²) >= 11 is 0. The number of nitrogens with zero attached hydrogens (tertiary/aromatic N) is 3. The summed E-state index contributed by atoms with van der Waals surface area (Å²) < 4.78 is 29.1. The highest BCUT2D eigenvalue weighted by atomic mass is 32.2. The molecule has 3 heterocycles. The first-order valence-corrected chi connectivity index (χ1v) is 8.98. The summed E-state index contributed by atoms with van der Waals surface area (Å²) in [5.41, 5.74) is 0.674. The van der Waals surface area contributed by atoms with E-state index in [1.54, 1.807) is 4.68 Å². The number of hydrogen-bond donors (Lipinski definition) is 2. The molecule has 0 radical (unpaired) electrons. The first kappa shape index (κ1) is 15.4. The molecule has 1 atom stereocenters. The van der Waals surface area contributed by atoms with Crippen molar-refractivity contribution in [1.82, 2.24) is 24.7 Å². The molecule has 3 rings (SSSR count). The van der Waals surface area contributed by atoms with Crippen molar-refractivity contribution < 1.29 is 13.2 Å². The van der Waals surface area contributed by atoms with Crippen LogP contribution in [0.1, 0.15) is 25.0 Å². The van der Waals surface area contributed by atoms with E-state index in [1.807, 2.05) is 0 Å². The molecule has 0 aliphatic carbocycles. The molecule has 9 heteroatoms. The molecule has 1 saturated heterocycles. The molecule has 0 aromatic carbocycles. The second-order valence-corrected chi connectivity index (χ2v) is 7.46. The van der Waals surface area contributed by atoms with Gasteiger partial charge in [-0.25, -0.2) is 8.42 Å². The van der Waals surface area contributed by atoms with Crippen LogP contribution in [0.3, 0.4) is 0 Å². The molecule has 1 amide bonds. The topological polar surface area (TPSA) is 96.3 Å². The van der Waals surface area contributed by atoms with Gasteiger partial charge >= 0.3 is 0 Å². The number of likely N-dealkylation sites (N-methyl/N-ethyl adjacent to an activating group) is 1. The Hall–Kier alpha value is -1.45. The van der Waals surface area contributed by atoms with Gasteiger partial charge in [0.2, 0.25) is 15.9 Å². The maximum absolute atomic E-state index is 13.0. The molecule has 1 unspecified atom stereocenters. The monoisotopic (exact) mass is 327 g/mol. The molecule has 8 nitrogen and oxygen atoms in total. The van der Waals surface area contributed by atoms with Crippen LogP contribution in [-0.2, 0) is 27.9 Å². The molecule has 1 aromatic heterocycles. The van der Waals surface area contributed by atoms with Crippen molar-refractivity contribution in [3.8, 4) is 0 Å². The lowest BCUT2D eigenvalue weighted by Gasteiger charge is -2.33. The molecule has 2 N–H and O–H groups in total. The van der Waals surface area contributed by atoms with Crippen molar-refractivity contribution in [3.05, 3.63) is 11.9 Å². The number of piperidine rings is 1. The third-order valence-corrected chi connectivity index (χ3v) is 6.24. The van der Waals surface area contributed by atoms with Crippen LogP contribution in [0.2, 0.25) is 0 Å². The van der Waals surface area contributed by atoms with Crippen LogP contribution in [0.15, 0.2) is 11.1 Å². The number of rotatable bonds is 3. The second-order valence-electron chi connectivity index (χ2n) is 5.60. The summed E-state index contributed by atoms with van der Waals surface area (Å²) in [5.74, 6) is -0.248. The smallest absolute Gasteiger partial charge is 0.247 e. The molecular formula is C13H21N5O3S. The van der Waals surface area contributed by atoms with E-state index in [0.29, 0.717) is 31.7 Å². The van der Waals surface area contributed by atoms with E-state index >= 15 is 0 Å². The highest BCUT2D eigenvalue weighted by Gasteiger charge is 2.39. The quantitative estimate of drug-likeness (QED) is 0.763. The normalized spacial score (nSPS) is 23.0. The van der Waals surface area contributed by atoms with Crippen molar-refractivity contribution in [1.29, 1.82) is 0 Å². The van der Waals surface area contributed by atoms with E-state index in [-0.39, 0.29) is 10.8 Å². The molecule has 0 bridgehead atoms. The van der Waals surface area contributed by atoms with Gasteiger partial charge in [0.25, 0.3) is 0 Å². The number of fused-ring (bicyclic) bond motifs is 1. The van der Waals surface area contributed by atoms with Crippen molar-refractivity contribution in [2.45, 2.75) is 43.3 Å². The maximum atomic E-state index is 13.0. The molecule has 1 aromatic rings. The molecule has 122 valence electrons. The Bertz CT molecular complexity index is 669. The summed E-state index contributed by atoms with van der Waals surface area (Å²) in [6.45, 7) is 2.29. The standard InChI is InChI=1S/C13H21N5O3S/c1-14-13(19)10-4-2-3-6-18(10)22(20,21)12-9-16-17-7-5-15-8-11(12)17/h9-10,15H,2-8H2,1H3,(H,14,19). The van der Waals surface area contributed by atoms with E-state index in [0.717, 1.165) is 19.4 Å². The lowest BCUT2D eigenvalue weighted by Crippen LogP contribution is -2.51. The zero-order chi connectivity index (χ0) is 15.7. The second kappa shape index (κ2) is 5.98. The van der Waals surface area contributed by atoms with E-state index in [9.17, 15) is 13.2 Å². The van der Waals surface area contributed by atoms with Gasteiger partial charge in [-0.15, -0.1) is 0 Å². The van der Waals surface area contributed by atoms with Gasteiger partial charge in [-0.3, -0.25) is 9.48 Å². The van der Waals surface area contributed by atoms with Gasteiger partial charge in [-0.2, -0.15) is 9.40 Å². The average molecular weight is 327 g/mol. The SMILES string of the molecule is CNC(=O)C1CCCCN1S(=O)(=O)c1cnn2c1CNCC2. The Labute approximate surface area is 129 Å². The summed E-state index contributed by atoms with van der Waals surface area (Å²) in [7, 11) is -2.18. The molecule has 0 spiro atoms. The van der Waals surface area contributed by atoms with E-state index in [4.69, 9.17) is 0 Å². The van der Waals surface area contributed by atoms with E-state index in [2.05, 4.69) is 15.7 Å². The van der Waals surface area contributed by atoms with Gasteiger partial charge < -0.3 is 10.6 Å². The van der Waals surface area contributed by atoms with E-state index < -0.39 is 16.1 Å². The minimum Gasteiger partial charge on any atom is -0.358 e. The predicted octanol–water partition coefficient (Wildman–Crippen LogP) is -0.724. The summed E-state index contributed by atoms with van der Waals surface area (Å²) in [4.78, 5) is 12.2. The summed E-state index contributed by atoms with van der Waals surface area (Å²) in [6.07, 6.45) is 3.60. The average Bonchev–Trinajstić information content (AvgIpc) is 2.99. The van der Waals surface area contributed by atoms with Crippen molar-refractivity contribution >= 4 is 15.9 Å². The van der Waals surface area contributed by atoms with Gasteiger partial charge in [0, 0.05) is 26.7 Å². The van der Waals surface area contributed by atoms with Gasteiger partial charge in [-0.05, 0) is 12.8 Å². The lowest BCUT2D eigenvalue weighted by atomic mass is 10.0. The number of hydrogen-bond acceptors (Lipinski definition) is 5. The van der Waals surface area contributed by atoms with Crippen LogP contribution in [-0.4, -0.2) is 54.6 Å². The first-order chi connectivity index (χ1) is 10.6. The number of sulfonamides is 1. The lowest BCUT2D eigenvalue weighted by molar-refractivity contribution is -0.125. The Morgan fingerprint density at radius 3 is 3.00 bits per heavy atom. The van der Waals surface area contributed by atoms with Crippen molar-refractivity contribution in [3.63, 3.8) is 0 Å². The molecule has 22 heavy (non-hydrogen) atoms. The van der Waals surface area contributed by atoms with Crippen LogP contribution in [0.25, 0.3) is 0 Å². The van der Waals surface area contributed by atoms with Gasteiger partial charge in [0.15, 0.2) is 0 Å². The fourth-order valence-electron chi connectivity index (χ4n) is 3.12. The van der Waals surface area contributed by atoms with Crippen LogP contribution < -0.4 is 10.6 Å². The molecule has 2 aliphatic rings. The van der Waals surface area contributed by atoms with Crippen molar-refractivity contribution in [2.75, 3.05) is 20.1 Å². The Morgan fingerprint density at radius 2 is 2.23 bits per heavy atom. The third-order valence-electron chi connectivity index (χ3n) is 4.29. The van der Waals surface area contributed by atoms with Crippen LogP contribution >= 0.6 is 0 Å². The fourth-order valence-corrected chi connectivity index (χ4v) is 4.93. The Morgan fingerprint density at radius 1 is 1.41 bits per heavy atom. The first-order valence-electron chi connectivity index (χ1n) is 7.54. The molecule has 1 fully saturated rings. The third kappa shape index (κ3) is 2.53. The zero-order valence-electron chi connectivity index (χ0n) is 12.6. The minimum absolute atomic E-state index is 0.218. The Balaban J connectivity index is 1.97. The van der Waals surface area contributed by atoms with Crippen LogP contribution in [0.5, 0.6) is 0 Å². The van der Waals surface area contributed by atoms with Gasteiger partial charge in [0.1, 0.15) is 10.9 Å². The Kier molecular flexibility index (Phi) is 4.20. The zero-order valence-corrected chi connectivity index (χ0v) is 13.4. The number of carbonyl (C=O) groups excluding carboxylic acids is 1. The van der Waals surface area contributed by atoms with Gasteiger partial charge in [-0.1, -0.05) is 6.42 Å². The van der Waals surface area contributed by atoms with E-state index in [1.165, 1.54) is 17.5 Å².